The van der Waals surface area contributed by atoms with Gasteiger partial charge in [0.25, 0.3) is 5.91 Å². The molecular weight excluding hydrogens is 419 g/mol. The van der Waals surface area contributed by atoms with Crippen LogP contribution in [0.25, 0.3) is 6.08 Å². The Morgan fingerprint density at radius 3 is 2.37 bits per heavy atom. The molecule has 150 valence electrons. The second-order valence-electron chi connectivity index (χ2n) is 6.44. The minimum Gasteiger partial charge on any atom is -0.489 e. The third-order valence-electron chi connectivity index (χ3n) is 4.24. The van der Waals surface area contributed by atoms with E-state index in [1.807, 2.05) is 42.5 Å². The van der Waals surface area contributed by atoms with Crippen molar-refractivity contribution in [3.8, 4) is 11.8 Å². The SMILES string of the molecule is N#CC(=Cc1ccc(OCc2ccc(Cl)c(Cl)c2)cc1)C(=O)NCc1ccccc1. The van der Waals surface area contributed by atoms with Crippen molar-refractivity contribution in [3.05, 3.63) is 105 Å². The number of hydrogen-bond acceptors (Lipinski definition) is 3. The average Bonchev–Trinajstić information content (AvgIpc) is 2.78. The molecule has 3 rings (SSSR count). The lowest BCUT2D eigenvalue weighted by atomic mass is 10.1. The lowest BCUT2D eigenvalue weighted by Crippen LogP contribution is -2.23. The van der Waals surface area contributed by atoms with Crippen molar-refractivity contribution in [1.82, 2.24) is 5.32 Å². The van der Waals surface area contributed by atoms with E-state index in [-0.39, 0.29) is 5.57 Å². The van der Waals surface area contributed by atoms with Crippen molar-refractivity contribution in [2.24, 2.45) is 0 Å². The first-order valence-electron chi connectivity index (χ1n) is 9.16. The molecule has 30 heavy (non-hydrogen) atoms. The molecule has 0 spiro atoms. The van der Waals surface area contributed by atoms with Crippen molar-refractivity contribution in [1.29, 1.82) is 5.26 Å². The molecule has 0 radical (unpaired) electrons. The summed E-state index contributed by atoms with van der Waals surface area (Å²) in [4.78, 5) is 12.3. The van der Waals surface area contributed by atoms with Gasteiger partial charge in [-0.1, -0.05) is 71.7 Å². The van der Waals surface area contributed by atoms with Gasteiger partial charge in [0.1, 0.15) is 24.0 Å². The normalized spacial score (nSPS) is 10.9. The molecule has 0 aromatic heterocycles. The number of rotatable bonds is 7. The molecule has 0 aliphatic carbocycles. The maximum absolute atomic E-state index is 12.3. The standard InChI is InChI=1S/C24H18Cl2N2O2/c25-22-11-8-19(13-23(22)26)16-30-21-9-6-17(7-10-21)12-20(14-27)24(29)28-15-18-4-2-1-3-5-18/h1-13H,15-16H2,(H,28,29). The van der Waals surface area contributed by atoms with Crippen LogP contribution in [0.4, 0.5) is 0 Å². The first-order valence-corrected chi connectivity index (χ1v) is 9.91. The number of halogens is 2. The number of nitrogens with one attached hydrogen (secondary N) is 1. The molecule has 0 bridgehead atoms. The van der Waals surface area contributed by atoms with E-state index >= 15 is 0 Å². The number of carbonyl (C=O) groups excluding carboxylic acids is 1. The van der Waals surface area contributed by atoms with Gasteiger partial charge in [0.05, 0.1) is 10.0 Å². The van der Waals surface area contributed by atoms with Crippen molar-refractivity contribution < 1.29 is 9.53 Å². The number of carbonyl (C=O) groups is 1. The zero-order valence-electron chi connectivity index (χ0n) is 15.9. The second kappa shape index (κ2) is 10.5. The highest BCUT2D eigenvalue weighted by atomic mass is 35.5. The Morgan fingerprint density at radius 2 is 1.70 bits per heavy atom. The van der Waals surface area contributed by atoms with Gasteiger partial charge in [-0.05, 0) is 47.0 Å². The lowest BCUT2D eigenvalue weighted by Gasteiger charge is -2.08. The minimum absolute atomic E-state index is 0.0374. The summed E-state index contributed by atoms with van der Waals surface area (Å²) in [5.74, 6) is 0.242. The predicted molar refractivity (Wildman–Crippen MR) is 119 cm³/mol. The van der Waals surface area contributed by atoms with Gasteiger partial charge in [0.15, 0.2) is 0 Å². The molecule has 0 saturated heterocycles. The topological polar surface area (TPSA) is 62.1 Å². The Bertz CT molecular complexity index is 1090. The summed E-state index contributed by atoms with van der Waals surface area (Å²) in [6.07, 6.45) is 1.54. The fourth-order valence-electron chi connectivity index (χ4n) is 2.65. The summed E-state index contributed by atoms with van der Waals surface area (Å²) in [5.41, 5.74) is 2.63. The highest BCUT2D eigenvalue weighted by Gasteiger charge is 2.09. The summed E-state index contributed by atoms with van der Waals surface area (Å²) in [6, 6.07) is 23.9. The van der Waals surface area contributed by atoms with Gasteiger partial charge >= 0.3 is 0 Å². The van der Waals surface area contributed by atoms with Crippen molar-refractivity contribution in [2.45, 2.75) is 13.2 Å². The minimum atomic E-state index is -0.415. The monoisotopic (exact) mass is 436 g/mol. The van der Waals surface area contributed by atoms with E-state index in [0.717, 1.165) is 16.7 Å². The molecular formula is C24H18Cl2N2O2. The molecule has 1 N–H and O–H groups in total. The zero-order chi connectivity index (χ0) is 21.3. The summed E-state index contributed by atoms with van der Waals surface area (Å²) < 4.78 is 5.74. The first-order chi connectivity index (χ1) is 14.5. The van der Waals surface area contributed by atoms with Gasteiger partial charge in [-0.2, -0.15) is 5.26 Å². The van der Waals surface area contributed by atoms with E-state index in [9.17, 15) is 10.1 Å². The van der Waals surface area contributed by atoms with Crippen LogP contribution in [0.1, 0.15) is 16.7 Å². The number of hydrogen-bond donors (Lipinski definition) is 1. The molecule has 0 saturated carbocycles. The van der Waals surface area contributed by atoms with Crippen LogP contribution in [0.3, 0.4) is 0 Å². The van der Waals surface area contributed by atoms with Crippen LogP contribution >= 0.6 is 23.2 Å². The van der Waals surface area contributed by atoms with Gasteiger partial charge in [0, 0.05) is 6.54 Å². The Morgan fingerprint density at radius 1 is 0.967 bits per heavy atom. The molecule has 0 aliphatic rings. The second-order valence-corrected chi connectivity index (χ2v) is 7.26. The summed E-state index contributed by atoms with van der Waals surface area (Å²) >= 11 is 11.9. The third-order valence-corrected chi connectivity index (χ3v) is 4.98. The van der Waals surface area contributed by atoms with E-state index < -0.39 is 5.91 Å². The predicted octanol–water partition coefficient (Wildman–Crippen LogP) is 5.80. The van der Waals surface area contributed by atoms with Crippen LogP contribution < -0.4 is 10.1 Å². The number of nitrogens with zero attached hydrogens (tertiary/aromatic N) is 1. The quantitative estimate of drug-likeness (QED) is 0.376. The Labute approximate surface area is 185 Å². The fraction of sp³-hybridized carbons (Fsp3) is 0.0833. The molecule has 1 amide bonds. The van der Waals surface area contributed by atoms with Crippen molar-refractivity contribution >= 4 is 35.2 Å². The third kappa shape index (κ3) is 6.12. The van der Waals surface area contributed by atoms with Crippen LogP contribution in [-0.4, -0.2) is 5.91 Å². The zero-order valence-corrected chi connectivity index (χ0v) is 17.5. The Balaban J connectivity index is 1.59. The number of amides is 1. The molecule has 0 heterocycles. The summed E-state index contributed by atoms with van der Waals surface area (Å²) in [6.45, 7) is 0.706. The highest BCUT2D eigenvalue weighted by Crippen LogP contribution is 2.23. The van der Waals surface area contributed by atoms with Gasteiger partial charge in [-0.15, -0.1) is 0 Å². The van der Waals surface area contributed by atoms with Gasteiger partial charge in [0.2, 0.25) is 0 Å². The van der Waals surface area contributed by atoms with E-state index in [2.05, 4.69) is 5.32 Å². The van der Waals surface area contributed by atoms with Crippen LogP contribution in [0.15, 0.2) is 78.4 Å². The van der Waals surface area contributed by atoms with E-state index in [0.29, 0.717) is 28.9 Å². The largest absolute Gasteiger partial charge is 0.489 e. The molecule has 3 aromatic carbocycles. The van der Waals surface area contributed by atoms with Crippen LogP contribution in [-0.2, 0) is 17.9 Å². The molecule has 0 fully saturated rings. The Kier molecular flexibility index (Phi) is 7.51. The fourth-order valence-corrected chi connectivity index (χ4v) is 2.97. The number of ether oxygens (including phenoxy) is 1. The summed E-state index contributed by atoms with van der Waals surface area (Å²) in [5, 5.41) is 13.1. The van der Waals surface area contributed by atoms with E-state index in [1.165, 1.54) is 0 Å². The highest BCUT2D eigenvalue weighted by molar-refractivity contribution is 6.42. The van der Waals surface area contributed by atoms with Gasteiger partial charge in [-0.25, -0.2) is 0 Å². The van der Waals surface area contributed by atoms with Crippen LogP contribution in [0.2, 0.25) is 10.0 Å². The first kappa shape index (κ1) is 21.4. The maximum Gasteiger partial charge on any atom is 0.262 e. The van der Waals surface area contributed by atoms with Crippen LogP contribution in [0, 0.1) is 11.3 Å². The van der Waals surface area contributed by atoms with E-state index in [1.54, 1.807) is 42.5 Å². The molecule has 4 nitrogen and oxygen atoms in total. The maximum atomic E-state index is 12.3. The van der Waals surface area contributed by atoms with Crippen molar-refractivity contribution in [2.75, 3.05) is 0 Å². The molecule has 3 aromatic rings. The van der Waals surface area contributed by atoms with Crippen molar-refractivity contribution in [3.63, 3.8) is 0 Å². The number of benzene rings is 3. The summed E-state index contributed by atoms with van der Waals surface area (Å²) in [7, 11) is 0. The van der Waals surface area contributed by atoms with Gasteiger partial charge in [-0.3, -0.25) is 4.79 Å². The lowest BCUT2D eigenvalue weighted by molar-refractivity contribution is -0.117. The molecule has 6 heteroatoms. The molecule has 0 atom stereocenters. The number of nitriles is 1. The average molecular weight is 437 g/mol. The smallest absolute Gasteiger partial charge is 0.262 e. The Hall–Kier alpha value is -3.26. The molecule has 0 unspecified atom stereocenters. The van der Waals surface area contributed by atoms with Crippen LogP contribution in [0.5, 0.6) is 5.75 Å². The van der Waals surface area contributed by atoms with E-state index in [4.69, 9.17) is 27.9 Å². The van der Waals surface area contributed by atoms with Gasteiger partial charge < -0.3 is 10.1 Å². The molecule has 0 aliphatic heterocycles.